The monoisotopic (exact) mass is 477 g/mol. The summed E-state index contributed by atoms with van der Waals surface area (Å²) in [5, 5.41) is 4.65. The molecule has 0 fully saturated rings. The summed E-state index contributed by atoms with van der Waals surface area (Å²) in [7, 11) is 0. The van der Waals surface area contributed by atoms with Gasteiger partial charge in [0.15, 0.2) is 5.16 Å². The van der Waals surface area contributed by atoms with Gasteiger partial charge < -0.3 is 5.32 Å². The first-order chi connectivity index (χ1) is 15.8. The van der Waals surface area contributed by atoms with Gasteiger partial charge in [0, 0.05) is 10.7 Å². The number of anilines is 1. The van der Waals surface area contributed by atoms with E-state index in [-0.39, 0.29) is 17.2 Å². The zero-order valence-corrected chi connectivity index (χ0v) is 20.3. The fourth-order valence-electron chi connectivity index (χ4n) is 3.90. The maximum Gasteiger partial charge on any atom is 0.262 e. The van der Waals surface area contributed by atoms with Crippen molar-refractivity contribution in [1.82, 2.24) is 9.55 Å². The second-order valence-corrected chi connectivity index (χ2v) is 9.42. The van der Waals surface area contributed by atoms with E-state index >= 15 is 0 Å². The highest BCUT2D eigenvalue weighted by atomic mass is 35.5. The number of aryl methyl sites for hydroxylation is 3. The molecule has 0 atom stereocenters. The van der Waals surface area contributed by atoms with E-state index in [4.69, 9.17) is 16.6 Å². The maximum absolute atomic E-state index is 13.3. The quantitative estimate of drug-likeness (QED) is 0.283. The fourth-order valence-corrected chi connectivity index (χ4v) is 4.91. The van der Waals surface area contributed by atoms with Crippen molar-refractivity contribution in [3.8, 4) is 0 Å². The van der Waals surface area contributed by atoms with Crippen molar-refractivity contribution in [3.63, 3.8) is 0 Å². The first kappa shape index (κ1) is 23.1. The summed E-state index contributed by atoms with van der Waals surface area (Å²) < 4.78 is 1.61. The summed E-state index contributed by atoms with van der Waals surface area (Å²) >= 11 is 7.39. The highest BCUT2D eigenvalue weighted by molar-refractivity contribution is 7.99. The number of halogens is 1. The number of rotatable bonds is 6. The first-order valence-corrected chi connectivity index (χ1v) is 11.9. The molecule has 0 aliphatic heterocycles. The Hall–Kier alpha value is -3.09. The third-order valence-electron chi connectivity index (χ3n) is 5.33. The van der Waals surface area contributed by atoms with Gasteiger partial charge in [-0.2, -0.15) is 0 Å². The van der Waals surface area contributed by atoms with Gasteiger partial charge in [-0.3, -0.25) is 14.2 Å². The lowest BCUT2D eigenvalue weighted by atomic mass is 10.1. The van der Waals surface area contributed by atoms with Crippen LogP contribution < -0.4 is 10.9 Å². The molecular weight excluding hydrogens is 454 g/mol. The molecule has 1 heterocycles. The molecule has 168 valence electrons. The van der Waals surface area contributed by atoms with Gasteiger partial charge in [0.25, 0.3) is 5.56 Å². The summed E-state index contributed by atoms with van der Waals surface area (Å²) in [5.41, 5.74) is 5.38. The Bertz CT molecular complexity index is 1390. The fraction of sp³-hybridized carbons (Fsp3) is 0.192. The van der Waals surface area contributed by atoms with Crippen LogP contribution >= 0.6 is 23.4 Å². The third kappa shape index (κ3) is 5.29. The molecule has 0 unspecified atom stereocenters. The largest absolute Gasteiger partial charge is 0.325 e. The average Bonchev–Trinajstić information content (AvgIpc) is 2.77. The Morgan fingerprint density at radius 3 is 2.48 bits per heavy atom. The van der Waals surface area contributed by atoms with Crippen LogP contribution in [0.25, 0.3) is 10.9 Å². The van der Waals surface area contributed by atoms with Gasteiger partial charge in [-0.15, -0.1) is 0 Å². The first-order valence-electron chi connectivity index (χ1n) is 10.6. The molecule has 4 aromatic rings. The number of hydrogen-bond acceptors (Lipinski definition) is 4. The smallest absolute Gasteiger partial charge is 0.262 e. The Balaban J connectivity index is 1.62. The van der Waals surface area contributed by atoms with Gasteiger partial charge in [0.2, 0.25) is 5.91 Å². The number of fused-ring (bicyclic) bond motifs is 1. The minimum Gasteiger partial charge on any atom is -0.325 e. The zero-order chi connectivity index (χ0) is 23.5. The summed E-state index contributed by atoms with van der Waals surface area (Å²) in [6, 6.07) is 18.7. The number of para-hydroxylation sites is 1. The van der Waals surface area contributed by atoms with Gasteiger partial charge in [0.1, 0.15) is 0 Å². The number of carbonyl (C=O) groups excluding carboxylic acids is 1. The van der Waals surface area contributed by atoms with Crippen LogP contribution in [0.4, 0.5) is 5.69 Å². The van der Waals surface area contributed by atoms with E-state index in [1.165, 1.54) is 11.8 Å². The minimum atomic E-state index is -0.147. The van der Waals surface area contributed by atoms with E-state index in [0.717, 1.165) is 27.9 Å². The Morgan fingerprint density at radius 2 is 1.76 bits per heavy atom. The molecule has 0 aliphatic rings. The van der Waals surface area contributed by atoms with E-state index in [9.17, 15) is 9.59 Å². The van der Waals surface area contributed by atoms with Gasteiger partial charge >= 0.3 is 0 Å². The highest BCUT2D eigenvalue weighted by Crippen LogP contribution is 2.24. The number of nitrogens with one attached hydrogen (secondary N) is 1. The van der Waals surface area contributed by atoms with Crippen LogP contribution in [0.2, 0.25) is 5.02 Å². The third-order valence-corrected chi connectivity index (χ3v) is 6.54. The van der Waals surface area contributed by atoms with Crippen molar-refractivity contribution in [2.45, 2.75) is 32.5 Å². The molecule has 4 rings (SSSR count). The molecule has 1 amide bonds. The van der Waals surface area contributed by atoms with Crippen LogP contribution in [0.15, 0.2) is 70.6 Å². The molecule has 3 aromatic carbocycles. The van der Waals surface area contributed by atoms with Crippen LogP contribution in [0, 0.1) is 20.8 Å². The molecule has 0 saturated carbocycles. The Labute approximate surface area is 201 Å². The van der Waals surface area contributed by atoms with E-state index < -0.39 is 0 Å². The number of thioether (sulfide) groups is 1. The average molecular weight is 478 g/mol. The molecule has 0 bridgehead atoms. The molecule has 0 saturated heterocycles. The molecule has 5 nitrogen and oxygen atoms in total. The van der Waals surface area contributed by atoms with Crippen LogP contribution in [0.5, 0.6) is 0 Å². The Morgan fingerprint density at radius 1 is 1.03 bits per heavy atom. The minimum absolute atomic E-state index is 0.132. The normalized spacial score (nSPS) is 11.0. The molecule has 1 N–H and O–H groups in total. The van der Waals surface area contributed by atoms with Crippen molar-refractivity contribution < 1.29 is 4.79 Å². The van der Waals surface area contributed by atoms with E-state index in [1.807, 2.05) is 69.3 Å². The van der Waals surface area contributed by atoms with Gasteiger partial charge in [-0.25, -0.2) is 4.98 Å². The second-order valence-electron chi connectivity index (χ2n) is 8.04. The van der Waals surface area contributed by atoms with Crippen molar-refractivity contribution >= 4 is 45.9 Å². The molecule has 1 aromatic heterocycles. The summed E-state index contributed by atoms with van der Waals surface area (Å²) in [4.78, 5) is 30.7. The van der Waals surface area contributed by atoms with Crippen molar-refractivity contribution in [3.05, 3.63) is 98.3 Å². The zero-order valence-electron chi connectivity index (χ0n) is 18.7. The van der Waals surface area contributed by atoms with Crippen molar-refractivity contribution in [2.75, 3.05) is 11.1 Å². The lowest BCUT2D eigenvalue weighted by Gasteiger charge is -2.15. The molecule has 0 spiro atoms. The summed E-state index contributed by atoms with van der Waals surface area (Å²) in [6.45, 7) is 6.32. The van der Waals surface area contributed by atoms with Crippen LogP contribution in [-0.4, -0.2) is 21.2 Å². The number of aromatic nitrogens is 2. The van der Waals surface area contributed by atoms with Gasteiger partial charge in [0.05, 0.1) is 23.2 Å². The van der Waals surface area contributed by atoms with Crippen LogP contribution in [-0.2, 0) is 11.3 Å². The lowest BCUT2D eigenvalue weighted by Crippen LogP contribution is -2.25. The Kier molecular flexibility index (Phi) is 6.86. The van der Waals surface area contributed by atoms with Gasteiger partial charge in [-0.1, -0.05) is 65.3 Å². The lowest BCUT2D eigenvalue weighted by molar-refractivity contribution is -0.113. The van der Waals surface area contributed by atoms with Crippen LogP contribution in [0.1, 0.15) is 22.3 Å². The maximum atomic E-state index is 13.3. The molecule has 0 aliphatic carbocycles. The number of nitrogens with zero attached hydrogens (tertiary/aromatic N) is 2. The van der Waals surface area contributed by atoms with E-state index in [0.29, 0.717) is 27.6 Å². The SMILES string of the molecule is Cc1cc(C)c(NC(=O)CSc2nc3ccccc3c(=O)n2Cc2cccc(Cl)c2)c(C)c1. The predicted octanol–water partition coefficient (Wildman–Crippen LogP) is 5.75. The number of carbonyl (C=O) groups is 1. The van der Waals surface area contributed by atoms with Crippen molar-refractivity contribution in [1.29, 1.82) is 0 Å². The summed E-state index contributed by atoms with van der Waals surface area (Å²) in [6.07, 6.45) is 0. The second kappa shape index (κ2) is 9.81. The highest BCUT2D eigenvalue weighted by Gasteiger charge is 2.15. The van der Waals surface area contributed by atoms with Crippen molar-refractivity contribution in [2.24, 2.45) is 0 Å². The van der Waals surface area contributed by atoms with E-state index in [1.54, 1.807) is 16.7 Å². The molecule has 0 radical (unpaired) electrons. The standard InChI is InChI=1S/C26H24ClN3O2S/c1-16-11-17(2)24(18(3)12-16)29-23(31)15-33-26-28-22-10-5-4-9-21(22)25(32)30(26)14-19-7-6-8-20(27)13-19/h4-13H,14-15H2,1-3H3,(H,29,31). The van der Waals surface area contributed by atoms with E-state index in [2.05, 4.69) is 5.32 Å². The molecule has 7 heteroatoms. The number of hydrogen-bond donors (Lipinski definition) is 1. The van der Waals surface area contributed by atoms with Crippen LogP contribution in [0.3, 0.4) is 0 Å². The number of amides is 1. The predicted molar refractivity (Wildman–Crippen MR) is 137 cm³/mol. The number of benzene rings is 3. The van der Waals surface area contributed by atoms with Gasteiger partial charge in [-0.05, 0) is 61.7 Å². The topological polar surface area (TPSA) is 64.0 Å². The summed E-state index contributed by atoms with van der Waals surface area (Å²) in [5.74, 6) is -0.0145. The molecule has 33 heavy (non-hydrogen) atoms. The molecular formula is C26H24ClN3O2S.